The van der Waals surface area contributed by atoms with Crippen molar-refractivity contribution in [3.05, 3.63) is 45.4 Å². The van der Waals surface area contributed by atoms with Gasteiger partial charge in [-0.2, -0.15) is 0 Å². The Labute approximate surface area is 121 Å². The Kier molecular flexibility index (Phi) is 4.79. The van der Waals surface area contributed by atoms with E-state index < -0.39 is 0 Å². The van der Waals surface area contributed by atoms with Crippen LogP contribution in [0.4, 0.5) is 0 Å². The summed E-state index contributed by atoms with van der Waals surface area (Å²) in [7, 11) is 0. The number of ether oxygens (including phenoxy) is 1. The highest BCUT2D eigenvalue weighted by atomic mass is 32.2. The molecule has 2 rings (SSSR count). The van der Waals surface area contributed by atoms with Crippen LogP contribution in [0.2, 0.25) is 0 Å². The molecule has 0 aliphatic rings. The SMILES string of the molecule is Cc1cc(C)cc(OCCSc2nnc(C)c(=O)[nH]2)c1. The minimum absolute atomic E-state index is 0.197. The van der Waals surface area contributed by atoms with E-state index in [0.717, 1.165) is 5.75 Å². The van der Waals surface area contributed by atoms with E-state index in [9.17, 15) is 4.79 Å². The molecule has 6 heteroatoms. The Bertz CT molecular complexity index is 635. The molecule has 0 fully saturated rings. The highest BCUT2D eigenvalue weighted by molar-refractivity contribution is 7.99. The quantitative estimate of drug-likeness (QED) is 0.676. The first-order chi connectivity index (χ1) is 9.54. The molecular weight excluding hydrogens is 274 g/mol. The summed E-state index contributed by atoms with van der Waals surface area (Å²) in [5.41, 5.74) is 2.54. The van der Waals surface area contributed by atoms with Gasteiger partial charge in [0.15, 0.2) is 5.16 Å². The molecule has 20 heavy (non-hydrogen) atoms. The largest absolute Gasteiger partial charge is 0.493 e. The summed E-state index contributed by atoms with van der Waals surface area (Å²) in [5.74, 6) is 1.56. The lowest BCUT2D eigenvalue weighted by Gasteiger charge is -2.07. The molecule has 5 nitrogen and oxygen atoms in total. The predicted molar refractivity (Wildman–Crippen MR) is 79.5 cm³/mol. The number of nitrogens with zero attached hydrogens (tertiary/aromatic N) is 2. The number of benzene rings is 1. The lowest BCUT2D eigenvalue weighted by atomic mass is 10.1. The molecular formula is C14H17N3O2S. The van der Waals surface area contributed by atoms with Gasteiger partial charge in [-0.3, -0.25) is 9.78 Å². The number of H-pyrrole nitrogens is 1. The van der Waals surface area contributed by atoms with Crippen molar-refractivity contribution in [1.82, 2.24) is 15.2 Å². The fraction of sp³-hybridized carbons (Fsp3) is 0.357. The molecule has 0 unspecified atom stereocenters. The number of nitrogens with one attached hydrogen (secondary N) is 1. The number of hydrogen-bond donors (Lipinski definition) is 1. The van der Waals surface area contributed by atoms with Crippen LogP contribution in [0.3, 0.4) is 0 Å². The van der Waals surface area contributed by atoms with Gasteiger partial charge in [0, 0.05) is 5.75 Å². The third-order valence-electron chi connectivity index (χ3n) is 2.63. The average molecular weight is 291 g/mol. The highest BCUT2D eigenvalue weighted by Gasteiger charge is 2.02. The topological polar surface area (TPSA) is 67.9 Å². The van der Waals surface area contributed by atoms with Crippen LogP contribution in [0, 0.1) is 20.8 Å². The van der Waals surface area contributed by atoms with Gasteiger partial charge >= 0.3 is 0 Å². The van der Waals surface area contributed by atoms with Crippen molar-refractivity contribution in [2.24, 2.45) is 0 Å². The Hall–Kier alpha value is -1.82. The third kappa shape index (κ3) is 4.09. The van der Waals surface area contributed by atoms with Crippen molar-refractivity contribution in [2.45, 2.75) is 25.9 Å². The molecule has 0 amide bonds. The molecule has 106 valence electrons. The lowest BCUT2D eigenvalue weighted by Crippen LogP contribution is -2.14. The van der Waals surface area contributed by atoms with Crippen molar-refractivity contribution in [3.8, 4) is 5.75 Å². The Morgan fingerprint density at radius 2 is 1.85 bits per heavy atom. The van der Waals surface area contributed by atoms with Gasteiger partial charge < -0.3 is 4.74 Å². The summed E-state index contributed by atoms with van der Waals surface area (Å²) in [6, 6.07) is 6.12. The number of aromatic nitrogens is 3. The average Bonchev–Trinajstić information content (AvgIpc) is 2.38. The summed E-state index contributed by atoms with van der Waals surface area (Å²) in [4.78, 5) is 14.0. The predicted octanol–water partition coefficient (Wildman–Crippen LogP) is 2.26. The van der Waals surface area contributed by atoms with E-state index >= 15 is 0 Å². The van der Waals surface area contributed by atoms with Crippen molar-refractivity contribution in [3.63, 3.8) is 0 Å². The normalized spacial score (nSPS) is 10.6. The van der Waals surface area contributed by atoms with Crippen molar-refractivity contribution in [2.75, 3.05) is 12.4 Å². The van der Waals surface area contributed by atoms with Crippen LogP contribution < -0.4 is 10.3 Å². The molecule has 2 aromatic rings. The zero-order valence-corrected chi connectivity index (χ0v) is 12.6. The second kappa shape index (κ2) is 6.56. The van der Waals surface area contributed by atoms with E-state index in [1.165, 1.54) is 22.9 Å². The first-order valence-corrected chi connectivity index (χ1v) is 7.30. The fourth-order valence-electron chi connectivity index (χ4n) is 1.76. The summed E-state index contributed by atoms with van der Waals surface area (Å²) < 4.78 is 5.68. The minimum Gasteiger partial charge on any atom is -0.493 e. The zero-order valence-electron chi connectivity index (χ0n) is 11.8. The lowest BCUT2D eigenvalue weighted by molar-refractivity contribution is 0.343. The molecule has 0 atom stereocenters. The molecule has 0 bridgehead atoms. The van der Waals surface area contributed by atoms with Gasteiger partial charge in [0.05, 0.1) is 6.61 Å². The molecule has 1 aromatic carbocycles. The first kappa shape index (κ1) is 14.6. The Morgan fingerprint density at radius 1 is 1.15 bits per heavy atom. The maximum atomic E-state index is 11.4. The Morgan fingerprint density at radius 3 is 2.50 bits per heavy atom. The van der Waals surface area contributed by atoms with Crippen LogP contribution in [0.15, 0.2) is 28.2 Å². The zero-order chi connectivity index (χ0) is 14.5. The fourth-order valence-corrected chi connectivity index (χ4v) is 2.38. The maximum absolute atomic E-state index is 11.4. The number of thioether (sulfide) groups is 1. The monoisotopic (exact) mass is 291 g/mol. The van der Waals surface area contributed by atoms with Crippen molar-refractivity contribution >= 4 is 11.8 Å². The molecule has 0 aliphatic heterocycles. The standard InChI is InChI=1S/C14H17N3O2S/c1-9-6-10(2)8-12(7-9)19-4-5-20-14-15-13(18)11(3)16-17-14/h6-8H,4-5H2,1-3H3,(H,15,17,18). The summed E-state index contributed by atoms with van der Waals surface area (Å²) in [6.07, 6.45) is 0. The van der Waals surface area contributed by atoms with Crippen molar-refractivity contribution in [1.29, 1.82) is 0 Å². The highest BCUT2D eigenvalue weighted by Crippen LogP contribution is 2.17. The van der Waals surface area contributed by atoms with Gasteiger partial charge in [0.2, 0.25) is 0 Å². The molecule has 0 saturated heterocycles. The van der Waals surface area contributed by atoms with Crippen molar-refractivity contribution < 1.29 is 4.74 Å². The van der Waals surface area contributed by atoms with E-state index in [1.807, 2.05) is 26.0 Å². The summed E-state index contributed by atoms with van der Waals surface area (Å²) >= 11 is 1.42. The minimum atomic E-state index is -0.197. The molecule has 1 N–H and O–H groups in total. The van der Waals surface area contributed by atoms with E-state index in [1.54, 1.807) is 6.92 Å². The second-order valence-electron chi connectivity index (χ2n) is 4.57. The molecule has 0 aliphatic carbocycles. The second-order valence-corrected chi connectivity index (χ2v) is 5.65. The van der Waals surface area contributed by atoms with Crippen LogP contribution in [0.25, 0.3) is 0 Å². The third-order valence-corrected chi connectivity index (χ3v) is 3.45. The number of aryl methyl sites for hydroxylation is 3. The van der Waals surface area contributed by atoms with Crippen LogP contribution >= 0.6 is 11.8 Å². The van der Waals surface area contributed by atoms with Crippen LogP contribution in [0.1, 0.15) is 16.8 Å². The van der Waals surface area contributed by atoms with E-state index in [2.05, 4.69) is 21.2 Å². The van der Waals surface area contributed by atoms with Gasteiger partial charge in [0.25, 0.3) is 5.56 Å². The van der Waals surface area contributed by atoms with Crippen LogP contribution in [-0.4, -0.2) is 27.5 Å². The number of rotatable bonds is 5. The number of aromatic amines is 1. The smallest absolute Gasteiger partial charge is 0.273 e. The van der Waals surface area contributed by atoms with Gasteiger partial charge in [-0.05, 0) is 44.0 Å². The molecule has 1 aromatic heterocycles. The number of hydrogen-bond acceptors (Lipinski definition) is 5. The van der Waals surface area contributed by atoms with E-state index in [-0.39, 0.29) is 5.56 Å². The molecule has 0 radical (unpaired) electrons. The molecule has 1 heterocycles. The van der Waals surface area contributed by atoms with Gasteiger partial charge in [-0.25, -0.2) is 0 Å². The summed E-state index contributed by atoms with van der Waals surface area (Å²) in [5, 5.41) is 8.22. The Balaban J connectivity index is 1.84. The molecule has 0 saturated carbocycles. The molecule has 0 spiro atoms. The van der Waals surface area contributed by atoms with E-state index in [0.29, 0.717) is 23.2 Å². The van der Waals surface area contributed by atoms with Crippen LogP contribution in [-0.2, 0) is 0 Å². The van der Waals surface area contributed by atoms with E-state index in [4.69, 9.17) is 4.74 Å². The maximum Gasteiger partial charge on any atom is 0.273 e. The summed E-state index contributed by atoms with van der Waals surface area (Å²) in [6.45, 7) is 6.26. The van der Waals surface area contributed by atoms with Gasteiger partial charge in [-0.1, -0.05) is 17.8 Å². The first-order valence-electron chi connectivity index (χ1n) is 6.32. The van der Waals surface area contributed by atoms with Crippen LogP contribution in [0.5, 0.6) is 5.75 Å². The van der Waals surface area contributed by atoms with Gasteiger partial charge in [-0.15, -0.1) is 10.2 Å². The van der Waals surface area contributed by atoms with Gasteiger partial charge in [0.1, 0.15) is 11.4 Å².